The molecular weight excluding hydrogens is 295 g/mol. The summed E-state index contributed by atoms with van der Waals surface area (Å²) in [5.74, 6) is 0.482. The van der Waals surface area contributed by atoms with E-state index < -0.39 is 0 Å². The molecule has 0 aliphatic rings. The van der Waals surface area contributed by atoms with Gasteiger partial charge in [0.25, 0.3) is 0 Å². The summed E-state index contributed by atoms with van der Waals surface area (Å²) in [4.78, 5) is 11.8. The lowest BCUT2D eigenvalue weighted by molar-refractivity contribution is -0.116. The molecule has 1 amide bonds. The Balaban J connectivity index is 1.67. The summed E-state index contributed by atoms with van der Waals surface area (Å²) in [6.45, 7) is 3.71. The molecule has 0 fully saturated rings. The molecule has 0 aliphatic heterocycles. The van der Waals surface area contributed by atoms with Crippen molar-refractivity contribution in [1.82, 2.24) is 5.32 Å². The lowest BCUT2D eigenvalue weighted by atomic mass is 10.2. The molecule has 0 aromatic heterocycles. The summed E-state index contributed by atoms with van der Waals surface area (Å²) in [5.41, 5.74) is 1.73. The first-order chi connectivity index (χ1) is 11.2. The molecule has 23 heavy (non-hydrogen) atoms. The minimum atomic E-state index is -0.247. The van der Waals surface area contributed by atoms with Crippen LogP contribution >= 0.6 is 0 Å². The molecule has 2 rings (SSSR count). The van der Waals surface area contributed by atoms with Crippen LogP contribution in [0.2, 0.25) is 0 Å². The first-order valence-electron chi connectivity index (χ1n) is 7.65. The molecule has 0 bridgehead atoms. The molecule has 0 heterocycles. The Kier molecular flexibility index (Phi) is 6.56. The maximum absolute atomic E-state index is 12.8. The monoisotopic (exact) mass is 316 g/mol. The van der Waals surface area contributed by atoms with Crippen molar-refractivity contribution in [3.05, 3.63) is 59.9 Å². The normalized spacial score (nSPS) is 10.3. The van der Waals surface area contributed by atoms with Gasteiger partial charge < -0.3 is 15.4 Å². The summed E-state index contributed by atoms with van der Waals surface area (Å²) < 4.78 is 18.1. The van der Waals surface area contributed by atoms with Crippen LogP contribution in [0.15, 0.2) is 48.5 Å². The van der Waals surface area contributed by atoms with Gasteiger partial charge in [0.1, 0.15) is 11.6 Å². The molecule has 0 saturated carbocycles. The first kappa shape index (κ1) is 17.0. The van der Waals surface area contributed by atoms with Crippen LogP contribution < -0.4 is 15.4 Å². The predicted molar refractivity (Wildman–Crippen MR) is 89.0 cm³/mol. The van der Waals surface area contributed by atoms with Crippen LogP contribution in [0.25, 0.3) is 0 Å². The number of hydrogen-bond acceptors (Lipinski definition) is 3. The summed E-state index contributed by atoms with van der Waals surface area (Å²) in [6.07, 6.45) is 0.369. The average Bonchev–Trinajstić information content (AvgIpc) is 2.55. The van der Waals surface area contributed by atoms with E-state index in [-0.39, 0.29) is 11.7 Å². The lowest BCUT2D eigenvalue weighted by Crippen LogP contribution is -2.21. The molecule has 0 radical (unpaired) electrons. The number of carbonyl (C=O) groups excluding carboxylic acids is 1. The number of carbonyl (C=O) groups is 1. The summed E-state index contributed by atoms with van der Waals surface area (Å²) in [6, 6.07) is 13.6. The molecule has 5 heteroatoms. The van der Waals surface area contributed by atoms with Crippen molar-refractivity contribution in [1.29, 1.82) is 0 Å². The SMILES string of the molecule is CCOc1ccc(NC(=O)CCNCc2ccc(F)cc2)cc1. The first-order valence-corrected chi connectivity index (χ1v) is 7.65. The van der Waals surface area contributed by atoms with Gasteiger partial charge in [-0.1, -0.05) is 12.1 Å². The number of anilines is 1. The van der Waals surface area contributed by atoms with Gasteiger partial charge in [0.05, 0.1) is 6.61 Å². The van der Waals surface area contributed by atoms with E-state index in [2.05, 4.69) is 10.6 Å². The molecule has 0 atom stereocenters. The third kappa shape index (κ3) is 6.08. The highest BCUT2D eigenvalue weighted by atomic mass is 19.1. The van der Waals surface area contributed by atoms with E-state index in [9.17, 15) is 9.18 Å². The van der Waals surface area contributed by atoms with Gasteiger partial charge in [0.2, 0.25) is 5.91 Å². The van der Waals surface area contributed by atoms with E-state index in [4.69, 9.17) is 4.74 Å². The molecule has 4 nitrogen and oxygen atoms in total. The molecule has 2 aromatic rings. The third-order valence-corrected chi connectivity index (χ3v) is 3.22. The van der Waals surface area contributed by atoms with Crippen LogP contribution in [0.1, 0.15) is 18.9 Å². The van der Waals surface area contributed by atoms with Crippen LogP contribution in [0, 0.1) is 5.82 Å². The maximum Gasteiger partial charge on any atom is 0.225 e. The van der Waals surface area contributed by atoms with Crippen molar-refractivity contribution in [2.24, 2.45) is 0 Å². The molecule has 2 aromatic carbocycles. The molecule has 0 saturated heterocycles. The van der Waals surface area contributed by atoms with Crippen molar-refractivity contribution in [2.75, 3.05) is 18.5 Å². The van der Waals surface area contributed by atoms with Crippen LogP contribution in [0.3, 0.4) is 0 Å². The van der Waals surface area contributed by atoms with Crippen LogP contribution in [0.5, 0.6) is 5.75 Å². The van der Waals surface area contributed by atoms with Gasteiger partial charge in [0, 0.05) is 25.2 Å². The van der Waals surface area contributed by atoms with E-state index in [1.54, 1.807) is 12.1 Å². The van der Waals surface area contributed by atoms with Crippen LogP contribution in [-0.2, 0) is 11.3 Å². The highest BCUT2D eigenvalue weighted by Crippen LogP contribution is 2.15. The van der Waals surface area contributed by atoms with Crippen molar-refractivity contribution >= 4 is 11.6 Å². The second-order valence-electron chi connectivity index (χ2n) is 5.06. The maximum atomic E-state index is 12.8. The van der Waals surface area contributed by atoms with Gasteiger partial charge in [-0.15, -0.1) is 0 Å². The largest absolute Gasteiger partial charge is 0.494 e. The number of hydrogen-bond donors (Lipinski definition) is 2. The topological polar surface area (TPSA) is 50.4 Å². The Bertz CT molecular complexity index is 612. The highest BCUT2D eigenvalue weighted by molar-refractivity contribution is 5.90. The Morgan fingerprint density at radius 3 is 2.43 bits per heavy atom. The summed E-state index contributed by atoms with van der Waals surface area (Å²) in [5, 5.41) is 5.99. The average molecular weight is 316 g/mol. The zero-order chi connectivity index (χ0) is 16.5. The number of halogens is 1. The van der Waals surface area contributed by atoms with Crippen LogP contribution in [0.4, 0.5) is 10.1 Å². The number of ether oxygens (including phenoxy) is 1. The van der Waals surface area contributed by atoms with Gasteiger partial charge in [0.15, 0.2) is 0 Å². The fraction of sp³-hybridized carbons (Fsp3) is 0.278. The van der Waals surface area contributed by atoms with E-state index in [1.807, 2.05) is 31.2 Å². The summed E-state index contributed by atoms with van der Waals surface area (Å²) >= 11 is 0. The smallest absolute Gasteiger partial charge is 0.225 e. The van der Waals surface area contributed by atoms with E-state index >= 15 is 0 Å². The number of nitrogens with one attached hydrogen (secondary N) is 2. The van der Waals surface area contributed by atoms with Gasteiger partial charge >= 0.3 is 0 Å². The Morgan fingerprint density at radius 2 is 1.78 bits per heavy atom. The predicted octanol–water partition coefficient (Wildman–Crippen LogP) is 3.34. The second-order valence-corrected chi connectivity index (χ2v) is 5.06. The zero-order valence-electron chi connectivity index (χ0n) is 13.1. The summed E-state index contributed by atoms with van der Waals surface area (Å²) in [7, 11) is 0. The van der Waals surface area contributed by atoms with Gasteiger partial charge in [-0.3, -0.25) is 4.79 Å². The Morgan fingerprint density at radius 1 is 1.09 bits per heavy atom. The standard InChI is InChI=1S/C18H21FN2O2/c1-2-23-17-9-7-16(8-10-17)21-18(22)11-12-20-13-14-3-5-15(19)6-4-14/h3-10,20H,2,11-13H2,1H3,(H,21,22). The fourth-order valence-corrected chi connectivity index (χ4v) is 2.06. The van der Waals surface area contributed by atoms with Gasteiger partial charge in [-0.2, -0.15) is 0 Å². The number of amides is 1. The third-order valence-electron chi connectivity index (χ3n) is 3.22. The Hall–Kier alpha value is -2.40. The van der Waals surface area contributed by atoms with Gasteiger partial charge in [-0.25, -0.2) is 4.39 Å². The van der Waals surface area contributed by atoms with Crippen LogP contribution in [-0.4, -0.2) is 19.1 Å². The lowest BCUT2D eigenvalue weighted by Gasteiger charge is -2.08. The molecule has 0 unspecified atom stereocenters. The van der Waals surface area contributed by atoms with Crippen molar-refractivity contribution in [3.63, 3.8) is 0 Å². The van der Waals surface area contributed by atoms with Gasteiger partial charge in [-0.05, 0) is 48.9 Å². The zero-order valence-corrected chi connectivity index (χ0v) is 13.1. The minimum absolute atomic E-state index is 0.0548. The molecular formula is C18H21FN2O2. The molecule has 2 N–H and O–H groups in total. The van der Waals surface area contributed by atoms with Crippen molar-refractivity contribution < 1.29 is 13.9 Å². The van der Waals surface area contributed by atoms with Crippen molar-refractivity contribution in [2.45, 2.75) is 19.9 Å². The fourth-order valence-electron chi connectivity index (χ4n) is 2.06. The molecule has 0 aliphatic carbocycles. The van der Waals surface area contributed by atoms with Crippen molar-refractivity contribution in [3.8, 4) is 5.75 Å². The Labute approximate surface area is 135 Å². The number of rotatable bonds is 8. The van der Waals surface area contributed by atoms with E-state index in [1.165, 1.54) is 12.1 Å². The highest BCUT2D eigenvalue weighted by Gasteiger charge is 2.02. The minimum Gasteiger partial charge on any atom is -0.494 e. The van der Waals surface area contributed by atoms with E-state index in [0.717, 1.165) is 17.0 Å². The second kappa shape index (κ2) is 8.90. The molecule has 122 valence electrons. The quantitative estimate of drug-likeness (QED) is 0.734. The van der Waals surface area contributed by atoms with E-state index in [0.29, 0.717) is 26.1 Å². The number of benzene rings is 2. The molecule has 0 spiro atoms.